The third kappa shape index (κ3) is 1.97. The predicted molar refractivity (Wildman–Crippen MR) is 61.3 cm³/mol. The Morgan fingerprint density at radius 2 is 2.06 bits per heavy atom. The lowest BCUT2D eigenvalue weighted by Crippen LogP contribution is -2.19. The number of rotatable bonds is 3. The van der Waals surface area contributed by atoms with Crippen LogP contribution in [0.5, 0.6) is 0 Å². The molecule has 0 bridgehead atoms. The first-order valence-corrected chi connectivity index (χ1v) is 5.46. The second-order valence-corrected chi connectivity index (χ2v) is 3.99. The molecule has 0 aliphatic rings. The van der Waals surface area contributed by atoms with Crippen LogP contribution >= 0.6 is 0 Å². The topological polar surface area (TPSA) is 55.6 Å². The van der Waals surface area contributed by atoms with E-state index in [9.17, 15) is 8.78 Å². The first-order chi connectivity index (χ1) is 8.56. The van der Waals surface area contributed by atoms with E-state index in [4.69, 9.17) is 0 Å². The molecule has 0 saturated carbocycles. The third-order valence-corrected chi connectivity index (χ3v) is 2.79. The number of nitrogens with one attached hydrogen (secondary N) is 1. The highest BCUT2D eigenvalue weighted by atomic mass is 19.1. The van der Waals surface area contributed by atoms with Crippen LogP contribution in [0.15, 0.2) is 12.1 Å². The van der Waals surface area contributed by atoms with Gasteiger partial charge in [0.2, 0.25) is 0 Å². The van der Waals surface area contributed by atoms with Crippen molar-refractivity contribution >= 4 is 0 Å². The molecular formula is C11H13F2N5. The molecule has 18 heavy (non-hydrogen) atoms. The Bertz CT molecular complexity index is 567. The predicted octanol–water partition coefficient (Wildman–Crippen LogP) is 1.53. The van der Waals surface area contributed by atoms with Crippen molar-refractivity contribution in [3.05, 3.63) is 35.2 Å². The van der Waals surface area contributed by atoms with Crippen LogP contribution in [0.1, 0.15) is 24.4 Å². The van der Waals surface area contributed by atoms with Crippen molar-refractivity contribution in [1.29, 1.82) is 0 Å². The van der Waals surface area contributed by atoms with Gasteiger partial charge in [0.1, 0.15) is 5.69 Å². The largest absolute Gasteiger partial charge is 0.311 e. The number of halogens is 2. The van der Waals surface area contributed by atoms with Crippen LogP contribution in [0, 0.1) is 18.6 Å². The van der Waals surface area contributed by atoms with E-state index in [-0.39, 0.29) is 11.7 Å². The molecule has 1 unspecified atom stereocenters. The molecule has 1 N–H and O–H groups in total. The monoisotopic (exact) mass is 253 g/mol. The van der Waals surface area contributed by atoms with Crippen LogP contribution in [0.2, 0.25) is 0 Å². The molecule has 0 spiro atoms. The minimum absolute atomic E-state index is 0.223. The Labute approximate surface area is 103 Å². The number of nitrogens with zero attached hydrogens (tertiary/aromatic N) is 4. The van der Waals surface area contributed by atoms with Crippen molar-refractivity contribution in [2.75, 3.05) is 7.05 Å². The highest BCUT2D eigenvalue weighted by Gasteiger charge is 2.21. The zero-order valence-electron chi connectivity index (χ0n) is 10.3. The molecule has 7 heteroatoms. The summed E-state index contributed by atoms with van der Waals surface area (Å²) in [4.78, 5) is 0. The maximum atomic E-state index is 14.0. The Hall–Kier alpha value is -1.89. The van der Waals surface area contributed by atoms with Crippen molar-refractivity contribution in [2.45, 2.75) is 19.9 Å². The van der Waals surface area contributed by atoms with Crippen molar-refractivity contribution in [3.8, 4) is 5.69 Å². The highest BCUT2D eigenvalue weighted by molar-refractivity contribution is 5.39. The number of aryl methyl sites for hydroxylation is 1. The summed E-state index contributed by atoms with van der Waals surface area (Å²) in [7, 11) is 1.71. The van der Waals surface area contributed by atoms with E-state index in [1.165, 1.54) is 12.1 Å². The van der Waals surface area contributed by atoms with Crippen molar-refractivity contribution in [3.63, 3.8) is 0 Å². The summed E-state index contributed by atoms with van der Waals surface area (Å²) in [6, 6.07) is 2.35. The lowest BCUT2D eigenvalue weighted by Gasteiger charge is -2.12. The van der Waals surface area contributed by atoms with Crippen molar-refractivity contribution in [2.24, 2.45) is 0 Å². The highest BCUT2D eigenvalue weighted by Crippen LogP contribution is 2.22. The smallest absolute Gasteiger partial charge is 0.173 e. The van der Waals surface area contributed by atoms with Crippen LogP contribution in [0.25, 0.3) is 5.69 Å². The molecule has 96 valence electrons. The standard InChI is InChI=1S/C11H13F2N5/c1-6-4-5-8(12)10(9(6)13)18-11(7(2)14-3)15-16-17-18/h4-5,7,14H,1-3H3. The van der Waals surface area contributed by atoms with Crippen LogP contribution < -0.4 is 5.32 Å². The van der Waals surface area contributed by atoms with Gasteiger partial charge < -0.3 is 5.32 Å². The van der Waals surface area contributed by atoms with Crippen LogP contribution in [-0.4, -0.2) is 27.3 Å². The van der Waals surface area contributed by atoms with Gasteiger partial charge in [-0.05, 0) is 43.0 Å². The number of hydrogen-bond donors (Lipinski definition) is 1. The second kappa shape index (κ2) is 4.77. The maximum absolute atomic E-state index is 14.0. The van der Waals surface area contributed by atoms with Gasteiger partial charge >= 0.3 is 0 Å². The molecule has 0 fully saturated rings. The molecule has 0 saturated heterocycles. The van der Waals surface area contributed by atoms with Gasteiger partial charge in [-0.2, -0.15) is 4.68 Å². The number of benzene rings is 1. The molecule has 5 nitrogen and oxygen atoms in total. The average Bonchev–Trinajstić information content (AvgIpc) is 2.82. The van der Waals surface area contributed by atoms with Gasteiger partial charge in [0.05, 0.1) is 6.04 Å². The van der Waals surface area contributed by atoms with E-state index >= 15 is 0 Å². The minimum atomic E-state index is -0.699. The van der Waals surface area contributed by atoms with Crippen molar-refractivity contribution in [1.82, 2.24) is 25.5 Å². The Morgan fingerprint density at radius 1 is 1.33 bits per heavy atom. The maximum Gasteiger partial charge on any atom is 0.173 e. The van der Waals surface area contributed by atoms with Gasteiger partial charge in [0, 0.05) is 0 Å². The van der Waals surface area contributed by atoms with E-state index in [0.717, 1.165) is 4.68 Å². The average molecular weight is 253 g/mol. The molecule has 2 aromatic rings. The van der Waals surface area contributed by atoms with Gasteiger partial charge in [0.25, 0.3) is 0 Å². The summed E-state index contributed by atoms with van der Waals surface area (Å²) in [5.41, 5.74) is 0.0852. The lowest BCUT2D eigenvalue weighted by atomic mass is 10.2. The molecular weight excluding hydrogens is 240 g/mol. The summed E-state index contributed by atoms with van der Waals surface area (Å²) in [5, 5.41) is 13.8. The Balaban J connectivity index is 2.63. The minimum Gasteiger partial charge on any atom is -0.311 e. The Kier molecular flexibility index (Phi) is 3.33. The first-order valence-electron chi connectivity index (χ1n) is 5.46. The summed E-state index contributed by atoms with van der Waals surface area (Å²) < 4.78 is 28.8. The Morgan fingerprint density at radius 3 is 2.72 bits per heavy atom. The number of aromatic nitrogens is 4. The van der Waals surface area contributed by atoms with Gasteiger partial charge in [-0.25, -0.2) is 8.78 Å². The molecule has 2 rings (SSSR count). The van der Waals surface area contributed by atoms with E-state index in [0.29, 0.717) is 11.4 Å². The lowest BCUT2D eigenvalue weighted by molar-refractivity contribution is 0.529. The molecule has 1 aromatic carbocycles. The number of hydrogen-bond acceptors (Lipinski definition) is 4. The molecule has 0 aliphatic carbocycles. The van der Waals surface area contributed by atoms with E-state index in [2.05, 4.69) is 20.8 Å². The van der Waals surface area contributed by atoms with Gasteiger partial charge in [-0.3, -0.25) is 0 Å². The van der Waals surface area contributed by atoms with Crippen LogP contribution in [-0.2, 0) is 0 Å². The molecule has 1 atom stereocenters. The molecule has 0 amide bonds. The van der Waals surface area contributed by atoms with E-state index in [1.54, 1.807) is 20.9 Å². The van der Waals surface area contributed by atoms with Crippen molar-refractivity contribution < 1.29 is 8.78 Å². The van der Waals surface area contributed by atoms with E-state index < -0.39 is 11.6 Å². The summed E-state index contributed by atoms with van der Waals surface area (Å²) in [6.07, 6.45) is 0. The number of tetrazole rings is 1. The van der Waals surface area contributed by atoms with Crippen LogP contribution in [0.3, 0.4) is 0 Å². The zero-order valence-corrected chi connectivity index (χ0v) is 10.3. The molecule has 0 radical (unpaired) electrons. The van der Waals surface area contributed by atoms with E-state index in [1.807, 2.05) is 0 Å². The normalized spacial score (nSPS) is 12.7. The summed E-state index contributed by atoms with van der Waals surface area (Å²) in [5.74, 6) is -1.01. The fourth-order valence-corrected chi connectivity index (χ4v) is 1.59. The van der Waals surface area contributed by atoms with Crippen LogP contribution in [0.4, 0.5) is 8.78 Å². The van der Waals surface area contributed by atoms with Gasteiger partial charge in [-0.1, -0.05) is 6.07 Å². The fraction of sp³-hybridized carbons (Fsp3) is 0.364. The summed E-state index contributed by atoms with van der Waals surface area (Å²) in [6.45, 7) is 3.36. The second-order valence-electron chi connectivity index (χ2n) is 3.99. The van der Waals surface area contributed by atoms with Gasteiger partial charge in [-0.15, -0.1) is 5.10 Å². The zero-order chi connectivity index (χ0) is 13.3. The molecule has 0 aliphatic heterocycles. The SMILES string of the molecule is CNC(C)c1nnnn1-c1c(F)ccc(C)c1F. The molecule has 1 heterocycles. The fourth-order valence-electron chi connectivity index (χ4n) is 1.59. The third-order valence-electron chi connectivity index (χ3n) is 2.79. The quantitative estimate of drug-likeness (QED) is 0.901. The summed E-state index contributed by atoms with van der Waals surface area (Å²) >= 11 is 0. The first kappa shape index (κ1) is 12.6. The van der Waals surface area contributed by atoms with Gasteiger partial charge in [0.15, 0.2) is 17.5 Å². The molecule has 1 aromatic heterocycles.